The molecule has 0 saturated heterocycles. The van der Waals surface area contributed by atoms with E-state index in [9.17, 15) is 13.2 Å². The van der Waals surface area contributed by atoms with Crippen molar-refractivity contribution in [2.45, 2.75) is 19.5 Å². The molecule has 0 unspecified atom stereocenters. The summed E-state index contributed by atoms with van der Waals surface area (Å²) in [5.41, 5.74) is 1.71. The van der Waals surface area contributed by atoms with Crippen LogP contribution in [0.5, 0.6) is 0 Å². The largest absolute Gasteiger partial charge is 0.312 e. The van der Waals surface area contributed by atoms with Gasteiger partial charge in [-0.3, -0.25) is 4.68 Å². The van der Waals surface area contributed by atoms with E-state index in [1.807, 2.05) is 6.07 Å². The van der Waals surface area contributed by atoms with E-state index in [2.05, 4.69) is 10.4 Å². The van der Waals surface area contributed by atoms with Gasteiger partial charge in [-0.1, -0.05) is 0 Å². The lowest BCUT2D eigenvalue weighted by molar-refractivity contribution is 0.448. The Morgan fingerprint density at radius 1 is 1.29 bits per heavy atom. The van der Waals surface area contributed by atoms with Crippen molar-refractivity contribution in [3.05, 3.63) is 40.8 Å². The van der Waals surface area contributed by atoms with Crippen LogP contribution in [0.1, 0.15) is 11.3 Å². The van der Waals surface area contributed by atoms with Crippen molar-refractivity contribution < 1.29 is 13.2 Å². The Balaban J connectivity index is 2.19. The van der Waals surface area contributed by atoms with E-state index in [0.29, 0.717) is 13.0 Å². The Labute approximate surface area is 118 Å². The Morgan fingerprint density at radius 2 is 2.10 bits per heavy atom. The lowest BCUT2D eigenvalue weighted by Crippen LogP contribution is -2.25. The Hall–Kier alpha value is -2.33. The summed E-state index contributed by atoms with van der Waals surface area (Å²) >= 11 is 0. The molecule has 0 amide bonds. The van der Waals surface area contributed by atoms with E-state index >= 15 is 0 Å². The molecule has 0 spiro atoms. The minimum atomic E-state index is -1.51. The molecule has 0 bridgehead atoms. The van der Waals surface area contributed by atoms with Crippen molar-refractivity contribution in [3.8, 4) is 17.3 Å². The zero-order valence-corrected chi connectivity index (χ0v) is 11.0. The molecule has 21 heavy (non-hydrogen) atoms. The van der Waals surface area contributed by atoms with E-state index in [1.165, 1.54) is 10.7 Å². The maximum atomic E-state index is 14.0. The summed E-state index contributed by atoms with van der Waals surface area (Å²) in [6.07, 6.45) is 0.648. The van der Waals surface area contributed by atoms with Crippen LogP contribution in [0.3, 0.4) is 0 Å². The summed E-state index contributed by atoms with van der Waals surface area (Å²) in [5, 5.41) is 16.2. The summed E-state index contributed by atoms with van der Waals surface area (Å²) in [6.45, 7) is 1.21. The number of halogens is 3. The summed E-state index contributed by atoms with van der Waals surface area (Å²) in [4.78, 5) is 0. The first kappa shape index (κ1) is 13.6. The molecule has 7 heteroatoms. The number of nitriles is 1. The number of rotatable bonds is 2. The first-order chi connectivity index (χ1) is 10.1. The molecule has 0 radical (unpaired) electrons. The van der Waals surface area contributed by atoms with Gasteiger partial charge < -0.3 is 5.32 Å². The third kappa shape index (κ3) is 2.17. The van der Waals surface area contributed by atoms with Gasteiger partial charge in [-0.05, 0) is 12.1 Å². The Kier molecular flexibility index (Phi) is 3.39. The fourth-order valence-corrected chi connectivity index (χ4v) is 2.54. The smallest absolute Gasteiger partial charge is 0.195 e. The SMILES string of the molecule is N#CCn1nc(-c2ccc(F)c(F)c2F)c2c1CCNC2. The molecule has 4 nitrogen and oxygen atoms in total. The third-order valence-corrected chi connectivity index (χ3v) is 3.52. The molecule has 0 fully saturated rings. The standard InChI is InChI=1S/C14H11F3N4/c15-10-2-1-8(12(16)13(10)17)14-9-7-19-5-3-11(9)21(20-14)6-4-18/h1-2,19H,3,5-7H2. The second-order valence-electron chi connectivity index (χ2n) is 4.74. The zero-order valence-electron chi connectivity index (χ0n) is 11.0. The van der Waals surface area contributed by atoms with Crippen LogP contribution in [0, 0.1) is 28.8 Å². The van der Waals surface area contributed by atoms with Crippen LogP contribution in [0.4, 0.5) is 13.2 Å². The van der Waals surface area contributed by atoms with E-state index in [0.717, 1.165) is 23.9 Å². The Bertz CT molecular complexity index is 746. The molecule has 0 aliphatic carbocycles. The van der Waals surface area contributed by atoms with Crippen molar-refractivity contribution in [2.75, 3.05) is 6.54 Å². The normalized spacial score (nSPS) is 13.8. The van der Waals surface area contributed by atoms with Gasteiger partial charge in [0, 0.05) is 36.3 Å². The van der Waals surface area contributed by atoms with Crippen LogP contribution in [0.25, 0.3) is 11.3 Å². The Morgan fingerprint density at radius 3 is 2.86 bits per heavy atom. The molecule has 1 aliphatic rings. The molecule has 1 aliphatic heterocycles. The molecule has 1 aromatic heterocycles. The van der Waals surface area contributed by atoms with Crippen molar-refractivity contribution in [1.29, 1.82) is 5.26 Å². The van der Waals surface area contributed by atoms with E-state index < -0.39 is 17.5 Å². The monoisotopic (exact) mass is 292 g/mol. The molecular weight excluding hydrogens is 281 g/mol. The molecule has 108 valence electrons. The third-order valence-electron chi connectivity index (χ3n) is 3.52. The number of nitrogens with one attached hydrogen (secondary N) is 1. The first-order valence-corrected chi connectivity index (χ1v) is 6.43. The number of fused-ring (bicyclic) bond motifs is 1. The van der Waals surface area contributed by atoms with Gasteiger partial charge >= 0.3 is 0 Å². The zero-order chi connectivity index (χ0) is 15.0. The molecule has 0 atom stereocenters. The van der Waals surface area contributed by atoms with Crippen LogP contribution < -0.4 is 5.32 Å². The minimum Gasteiger partial charge on any atom is -0.312 e. The number of hydrogen-bond donors (Lipinski definition) is 1. The van der Waals surface area contributed by atoms with E-state index in [1.54, 1.807) is 0 Å². The van der Waals surface area contributed by atoms with Crippen LogP contribution in [-0.4, -0.2) is 16.3 Å². The highest BCUT2D eigenvalue weighted by Crippen LogP contribution is 2.31. The fraction of sp³-hybridized carbons (Fsp3) is 0.286. The van der Waals surface area contributed by atoms with Crippen molar-refractivity contribution >= 4 is 0 Å². The predicted octanol–water partition coefficient (Wildman–Crippen LogP) is 2.14. The van der Waals surface area contributed by atoms with Gasteiger partial charge in [0.05, 0.1) is 6.07 Å². The van der Waals surface area contributed by atoms with Crippen LogP contribution in [0.2, 0.25) is 0 Å². The summed E-state index contributed by atoms with van der Waals surface area (Å²) in [6, 6.07) is 4.03. The average Bonchev–Trinajstić information content (AvgIpc) is 2.85. The highest BCUT2D eigenvalue weighted by atomic mass is 19.2. The summed E-state index contributed by atoms with van der Waals surface area (Å²) in [5.74, 6) is -4.01. The summed E-state index contributed by atoms with van der Waals surface area (Å²) in [7, 11) is 0. The predicted molar refractivity (Wildman–Crippen MR) is 68.6 cm³/mol. The number of hydrogen-bond acceptors (Lipinski definition) is 3. The molecular formula is C14H11F3N4. The van der Waals surface area contributed by atoms with Crippen LogP contribution in [-0.2, 0) is 19.5 Å². The van der Waals surface area contributed by atoms with E-state index in [-0.39, 0.29) is 17.8 Å². The van der Waals surface area contributed by atoms with Crippen molar-refractivity contribution in [3.63, 3.8) is 0 Å². The van der Waals surface area contributed by atoms with Crippen LogP contribution in [0.15, 0.2) is 12.1 Å². The molecule has 2 heterocycles. The van der Waals surface area contributed by atoms with Gasteiger partial charge in [0.25, 0.3) is 0 Å². The van der Waals surface area contributed by atoms with Crippen molar-refractivity contribution in [1.82, 2.24) is 15.1 Å². The second kappa shape index (κ2) is 5.22. The van der Waals surface area contributed by atoms with E-state index in [4.69, 9.17) is 5.26 Å². The van der Waals surface area contributed by atoms with Gasteiger partial charge in [-0.15, -0.1) is 0 Å². The van der Waals surface area contributed by atoms with Gasteiger partial charge in [-0.25, -0.2) is 13.2 Å². The lowest BCUT2D eigenvalue weighted by Gasteiger charge is -2.14. The lowest BCUT2D eigenvalue weighted by atomic mass is 10.0. The number of aromatic nitrogens is 2. The van der Waals surface area contributed by atoms with Crippen LogP contribution >= 0.6 is 0 Å². The van der Waals surface area contributed by atoms with Gasteiger partial charge in [0.1, 0.15) is 12.2 Å². The quantitative estimate of drug-likeness (QED) is 0.863. The fourth-order valence-electron chi connectivity index (χ4n) is 2.54. The second-order valence-corrected chi connectivity index (χ2v) is 4.74. The van der Waals surface area contributed by atoms with Crippen molar-refractivity contribution in [2.24, 2.45) is 0 Å². The highest BCUT2D eigenvalue weighted by molar-refractivity contribution is 5.65. The molecule has 1 N–H and O–H groups in total. The molecule has 1 aromatic carbocycles. The average molecular weight is 292 g/mol. The highest BCUT2D eigenvalue weighted by Gasteiger charge is 2.25. The first-order valence-electron chi connectivity index (χ1n) is 6.43. The topological polar surface area (TPSA) is 53.6 Å². The van der Waals surface area contributed by atoms with Gasteiger partial charge in [0.15, 0.2) is 17.5 Å². The van der Waals surface area contributed by atoms with Gasteiger partial charge in [0.2, 0.25) is 0 Å². The number of nitrogens with zero attached hydrogens (tertiary/aromatic N) is 3. The molecule has 0 saturated carbocycles. The maximum Gasteiger partial charge on any atom is 0.195 e. The van der Waals surface area contributed by atoms with Gasteiger partial charge in [-0.2, -0.15) is 10.4 Å². The maximum absolute atomic E-state index is 14.0. The molecule has 2 aromatic rings. The minimum absolute atomic E-state index is 0.0353. The molecule has 3 rings (SSSR count). The summed E-state index contributed by atoms with van der Waals surface area (Å²) < 4.78 is 41.9. The number of benzene rings is 1.